The summed E-state index contributed by atoms with van der Waals surface area (Å²) < 4.78 is 33.0. The van der Waals surface area contributed by atoms with Crippen LogP contribution in [0.4, 0.5) is 0 Å². The highest BCUT2D eigenvalue weighted by molar-refractivity contribution is 7.90. The van der Waals surface area contributed by atoms with Crippen molar-refractivity contribution in [2.24, 2.45) is 5.92 Å². The number of aryl methyl sites for hydroxylation is 1. The van der Waals surface area contributed by atoms with E-state index in [1.165, 1.54) is 31.6 Å². The average Bonchev–Trinajstić information content (AvgIpc) is 3.01. The number of fused-ring (bicyclic) bond motifs is 1. The number of ketones is 1. The summed E-state index contributed by atoms with van der Waals surface area (Å²) >= 11 is 0. The number of hydrogen-bond acceptors (Lipinski definition) is 6. The molecule has 3 rings (SSSR count). The number of ether oxygens (including phenoxy) is 1. The number of Topliss-reactive ketones (excluding diaryl/α,β-unsaturated/α-hetero) is 1. The third-order valence-electron chi connectivity index (χ3n) is 4.03. The van der Waals surface area contributed by atoms with Crippen molar-refractivity contribution in [1.29, 1.82) is 0 Å². The zero-order chi connectivity index (χ0) is 19.8. The molecule has 0 fully saturated rings. The zero-order valence-corrected chi connectivity index (χ0v) is 16.4. The summed E-state index contributed by atoms with van der Waals surface area (Å²) in [6.07, 6.45) is 2.53. The van der Waals surface area contributed by atoms with Crippen LogP contribution in [0, 0.1) is 12.8 Å². The van der Waals surface area contributed by atoms with Gasteiger partial charge in [-0.05, 0) is 31.9 Å². The summed E-state index contributed by atoms with van der Waals surface area (Å²) in [7, 11) is -3.92. The summed E-state index contributed by atoms with van der Waals surface area (Å²) in [5.74, 6) is 0.160. The van der Waals surface area contributed by atoms with Gasteiger partial charge in [0.05, 0.1) is 22.5 Å². The maximum Gasteiger partial charge on any atom is 0.269 e. The number of carbonyl (C=O) groups is 1. The molecule has 0 aliphatic heterocycles. The summed E-state index contributed by atoms with van der Waals surface area (Å²) in [5, 5.41) is 0.307. The van der Waals surface area contributed by atoms with E-state index in [-0.39, 0.29) is 33.7 Å². The van der Waals surface area contributed by atoms with Gasteiger partial charge >= 0.3 is 0 Å². The van der Waals surface area contributed by atoms with Gasteiger partial charge in [-0.25, -0.2) is 22.4 Å². The van der Waals surface area contributed by atoms with Crippen LogP contribution in [0.1, 0.15) is 36.7 Å². The van der Waals surface area contributed by atoms with Crippen LogP contribution < -0.4 is 4.74 Å². The lowest BCUT2D eigenvalue weighted by molar-refractivity contribution is 0.101. The van der Waals surface area contributed by atoms with Gasteiger partial charge in [-0.2, -0.15) is 0 Å². The molecule has 0 N–H and O–H groups in total. The Morgan fingerprint density at radius 1 is 1.19 bits per heavy atom. The number of rotatable bonds is 6. The minimum Gasteiger partial charge on any atom is -0.477 e. The van der Waals surface area contributed by atoms with Crippen LogP contribution in [0.2, 0.25) is 0 Å². The SMILES string of the molecule is CC(=O)c1cn(S(=O)(=O)c2ccc(C)cc2)c2ncnc(OCC(C)C)c12. The lowest BCUT2D eigenvalue weighted by atomic mass is 10.2. The van der Waals surface area contributed by atoms with Gasteiger partial charge in [0.2, 0.25) is 5.88 Å². The molecule has 7 nitrogen and oxygen atoms in total. The van der Waals surface area contributed by atoms with E-state index >= 15 is 0 Å². The first-order valence-electron chi connectivity index (χ1n) is 8.54. The second kappa shape index (κ2) is 7.11. The summed E-state index contributed by atoms with van der Waals surface area (Å²) in [5.41, 5.74) is 1.28. The summed E-state index contributed by atoms with van der Waals surface area (Å²) in [6.45, 7) is 7.60. The van der Waals surface area contributed by atoms with Crippen molar-refractivity contribution in [3.05, 3.63) is 47.9 Å². The summed E-state index contributed by atoms with van der Waals surface area (Å²) in [6, 6.07) is 6.50. The second-order valence-corrected chi connectivity index (χ2v) is 8.61. The standard InChI is InChI=1S/C19H21N3O4S/c1-12(2)10-26-19-17-16(14(4)23)9-22(18(17)20-11-21-19)27(24,25)15-7-5-13(3)6-8-15/h5-9,11-12H,10H2,1-4H3. The van der Waals surface area contributed by atoms with E-state index in [4.69, 9.17) is 4.74 Å². The first kappa shape index (κ1) is 19.0. The van der Waals surface area contributed by atoms with Crippen molar-refractivity contribution in [3.63, 3.8) is 0 Å². The van der Waals surface area contributed by atoms with E-state index in [9.17, 15) is 13.2 Å². The van der Waals surface area contributed by atoms with Gasteiger partial charge in [0, 0.05) is 6.20 Å². The molecular formula is C19H21N3O4S. The molecule has 2 aromatic heterocycles. The number of aromatic nitrogens is 3. The topological polar surface area (TPSA) is 91.2 Å². The van der Waals surface area contributed by atoms with E-state index in [1.54, 1.807) is 12.1 Å². The Hall–Kier alpha value is -2.74. The Labute approximate surface area is 158 Å². The van der Waals surface area contributed by atoms with Crippen LogP contribution in [0.3, 0.4) is 0 Å². The van der Waals surface area contributed by atoms with Crippen LogP contribution in [0.15, 0.2) is 41.7 Å². The Morgan fingerprint density at radius 3 is 2.44 bits per heavy atom. The van der Waals surface area contributed by atoms with Crippen LogP contribution in [0.25, 0.3) is 11.0 Å². The van der Waals surface area contributed by atoms with Gasteiger partial charge < -0.3 is 4.74 Å². The van der Waals surface area contributed by atoms with Crippen molar-refractivity contribution in [2.45, 2.75) is 32.6 Å². The minimum absolute atomic E-state index is 0.114. The number of benzene rings is 1. The van der Waals surface area contributed by atoms with Crippen LogP contribution >= 0.6 is 0 Å². The van der Waals surface area contributed by atoms with Gasteiger partial charge in [0.25, 0.3) is 10.0 Å². The normalized spacial score (nSPS) is 11.9. The molecule has 3 aromatic rings. The number of nitrogens with zero attached hydrogens (tertiary/aromatic N) is 3. The monoisotopic (exact) mass is 387 g/mol. The molecule has 0 spiro atoms. The Kier molecular flexibility index (Phi) is 5.01. The largest absolute Gasteiger partial charge is 0.477 e. The predicted octanol–water partition coefficient (Wildman–Crippen LogP) is 3.21. The first-order chi connectivity index (χ1) is 12.7. The molecule has 0 radical (unpaired) electrons. The molecule has 0 saturated heterocycles. The van der Waals surface area contributed by atoms with Crippen molar-refractivity contribution < 1.29 is 17.9 Å². The third-order valence-corrected chi connectivity index (χ3v) is 5.69. The fourth-order valence-corrected chi connectivity index (χ4v) is 3.95. The highest BCUT2D eigenvalue weighted by atomic mass is 32.2. The maximum absolute atomic E-state index is 13.1. The molecule has 1 aromatic carbocycles. The Balaban J connectivity index is 2.24. The third kappa shape index (κ3) is 3.57. The molecule has 0 atom stereocenters. The minimum atomic E-state index is -3.92. The van der Waals surface area contributed by atoms with Gasteiger partial charge in [-0.1, -0.05) is 31.5 Å². The van der Waals surface area contributed by atoms with Gasteiger partial charge in [0.15, 0.2) is 11.4 Å². The molecular weight excluding hydrogens is 366 g/mol. The van der Waals surface area contributed by atoms with Gasteiger partial charge in [-0.15, -0.1) is 0 Å². The molecule has 0 amide bonds. The fourth-order valence-electron chi connectivity index (χ4n) is 2.64. The molecule has 0 bridgehead atoms. The molecule has 0 saturated carbocycles. The molecule has 0 aliphatic carbocycles. The van der Waals surface area contributed by atoms with E-state index in [0.717, 1.165) is 9.54 Å². The van der Waals surface area contributed by atoms with E-state index in [2.05, 4.69) is 9.97 Å². The van der Waals surface area contributed by atoms with Crippen LogP contribution in [-0.2, 0) is 10.0 Å². The fraction of sp³-hybridized carbons (Fsp3) is 0.316. The zero-order valence-electron chi connectivity index (χ0n) is 15.6. The van der Waals surface area contributed by atoms with Gasteiger partial charge in [0.1, 0.15) is 6.33 Å². The molecule has 0 aliphatic rings. The van der Waals surface area contributed by atoms with Crippen LogP contribution in [0.5, 0.6) is 5.88 Å². The molecule has 27 heavy (non-hydrogen) atoms. The van der Waals surface area contributed by atoms with Crippen molar-refractivity contribution >= 4 is 26.8 Å². The lowest BCUT2D eigenvalue weighted by Gasteiger charge is -2.10. The van der Waals surface area contributed by atoms with E-state index < -0.39 is 10.0 Å². The van der Waals surface area contributed by atoms with Crippen molar-refractivity contribution in [2.75, 3.05) is 6.61 Å². The average molecular weight is 387 g/mol. The predicted molar refractivity (Wildman–Crippen MR) is 102 cm³/mol. The Morgan fingerprint density at radius 2 is 1.85 bits per heavy atom. The molecule has 8 heteroatoms. The Bertz CT molecular complexity index is 1100. The molecule has 142 valence electrons. The summed E-state index contributed by atoms with van der Waals surface area (Å²) in [4.78, 5) is 20.5. The first-order valence-corrected chi connectivity index (χ1v) is 9.98. The molecule has 0 unspecified atom stereocenters. The van der Waals surface area contributed by atoms with E-state index in [0.29, 0.717) is 12.0 Å². The van der Waals surface area contributed by atoms with E-state index in [1.807, 2.05) is 20.8 Å². The number of hydrogen-bond donors (Lipinski definition) is 0. The highest BCUT2D eigenvalue weighted by Gasteiger charge is 2.26. The lowest BCUT2D eigenvalue weighted by Crippen LogP contribution is -2.13. The van der Waals surface area contributed by atoms with Crippen molar-refractivity contribution in [3.8, 4) is 5.88 Å². The van der Waals surface area contributed by atoms with Gasteiger partial charge in [-0.3, -0.25) is 4.79 Å². The van der Waals surface area contributed by atoms with Crippen molar-refractivity contribution in [1.82, 2.24) is 13.9 Å². The quantitative estimate of drug-likeness (QED) is 0.603. The highest BCUT2D eigenvalue weighted by Crippen LogP contribution is 2.30. The molecule has 2 heterocycles. The smallest absolute Gasteiger partial charge is 0.269 e. The maximum atomic E-state index is 13.1. The van der Waals surface area contributed by atoms with Crippen LogP contribution in [-0.4, -0.2) is 34.7 Å². The second-order valence-electron chi connectivity index (χ2n) is 6.80. The number of carbonyl (C=O) groups excluding carboxylic acids is 1.